The van der Waals surface area contributed by atoms with Crippen LogP contribution >= 0.6 is 11.6 Å². The number of halogens is 2. The van der Waals surface area contributed by atoms with Gasteiger partial charge < -0.3 is 15.2 Å². The smallest absolute Gasteiger partial charge is 0.191 e. The third-order valence-electron chi connectivity index (χ3n) is 3.33. The molecule has 0 bridgehead atoms. The second kappa shape index (κ2) is 7.26. The fourth-order valence-electron chi connectivity index (χ4n) is 2.02. The lowest BCUT2D eigenvalue weighted by Gasteiger charge is -2.13. The van der Waals surface area contributed by atoms with E-state index in [4.69, 9.17) is 16.1 Å². The molecule has 1 heterocycles. The molecule has 0 fully saturated rings. The van der Waals surface area contributed by atoms with Crippen molar-refractivity contribution in [1.29, 1.82) is 0 Å². The molecule has 0 spiro atoms. The van der Waals surface area contributed by atoms with E-state index in [1.54, 1.807) is 19.2 Å². The van der Waals surface area contributed by atoms with E-state index < -0.39 is 0 Å². The average Bonchev–Trinajstić information content (AvgIpc) is 2.81. The maximum Gasteiger partial charge on any atom is 0.191 e. The van der Waals surface area contributed by atoms with Crippen molar-refractivity contribution in [2.75, 3.05) is 7.05 Å². The highest BCUT2D eigenvalue weighted by Crippen LogP contribution is 2.18. The number of nitrogens with one attached hydrogen (secondary N) is 2. The van der Waals surface area contributed by atoms with Crippen molar-refractivity contribution in [3.63, 3.8) is 0 Å². The molecule has 118 valence electrons. The molecule has 5 nitrogen and oxygen atoms in total. The molecule has 0 amide bonds. The number of rotatable bonds is 4. The lowest BCUT2D eigenvalue weighted by molar-refractivity contribution is 0.392. The number of aryl methyl sites for hydroxylation is 2. The highest BCUT2D eigenvalue weighted by Gasteiger charge is 2.11. The fourth-order valence-corrected chi connectivity index (χ4v) is 2.25. The Morgan fingerprint density at radius 1 is 1.27 bits per heavy atom. The van der Waals surface area contributed by atoms with Gasteiger partial charge in [-0.15, -0.1) is 0 Å². The second-order valence-electron chi connectivity index (χ2n) is 4.78. The average molecular weight is 325 g/mol. The number of hydrogen-bond donors (Lipinski definition) is 2. The van der Waals surface area contributed by atoms with E-state index in [0.29, 0.717) is 23.1 Å². The summed E-state index contributed by atoms with van der Waals surface area (Å²) in [6.45, 7) is 4.49. The van der Waals surface area contributed by atoms with Gasteiger partial charge >= 0.3 is 0 Å². The minimum absolute atomic E-state index is 0.243. The third kappa shape index (κ3) is 3.76. The predicted molar refractivity (Wildman–Crippen MR) is 84.4 cm³/mol. The SMILES string of the molecule is CN=C(NCc1c(F)cccc1Cl)NCc1c(C)noc1C. The third-order valence-corrected chi connectivity index (χ3v) is 3.69. The number of aliphatic imine (C=N–C) groups is 1. The van der Waals surface area contributed by atoms with Crippen molar-refractivity contribution < 1.29 is 8.91 Å². The van der Waals surface area contributed by atoms with Gasteiger partial charge in [-0.3, -0.25) is 4.99 Å². The summed E-state index contributed by atoms with van der Waals surface area (Å²) in [6.07, 6.45) is 0. The molecule has 1 aromatic carbocycles. The molecule has 1 aromatic heterocycles. The van der Waals surface area contributed by atoms with Gasteiger partial charge in [0.15, 0.2) is 5.96 Å². The molecule has 2 aromatic rings. The van der Waals surface area contributed by atoms with Gasteiger partial charge in [0, 0.05) is 36.3 Å². The van der Waals surface area contributed by atoms with E-state index >= 15 is 0 Å². The Labute approximate surface area is 133 Å². The molecule has 0 unspecified atom stereocenters. The van der Waals surface area contributed by atoms with E-state index in [1.807, 2.05) is 13.8 Å². The summed E-state index contributed by atoms with van der Waals surface area (Å²) in [5.74, 6) is 0.957. The highest BCUT2D eigenvalue weighted by molar-refractivity contribution is 6.31. The van der Waals surface area contributed by atoms with Crippen LogP contribution in [0.5, 0.6) is 0 Å². The predicted octanol–water partition coefficient (Wildman–Crippen LogP) is 2.95. The number of nitrogens with zero attached hydrogens (tertiary/aromatic N) is 2. The summed E-state index contributed by atoms with van der Waals surface area (Å²) in [5, 5.41) is 10.4. The Bertz CT molecular complexity index is 644. The largest absolute Gasteiger partial charge is 0.361 e. The van der Waals surface area contributed by atoms with Crippen LogP contribution in [0.25, 0.3) is 0 Å². The Balaban J connectivity index is 1.96. The monoisotopic (exact) mass is 324 g/mol. The molecule has 0 aliphatic rings. The van der Waals surface area contributed by atoms with Gasteiger partial charge in [0.25, 0.3) is 0 Å². The molecule has 0 aliphatic carbocycles. The van der Waals surface area contributed by atoms with Gasteiger partial charge in [0.05, 0.1) is 5.69 Å². The normalized spacial score (nSPS) is 11.6. The first-order valence-corrected chi connectivity index (χ1v) is 7.20. The molecular formula is C15H18ClFN4O. The van der Waals surface area contributed by atoms with Crippen LogP contribution in [0.2, 0.25) is 5.02 Å². The molecule has 0 radical (unpaired) electrons. The van der Waals surface area contributed by atoms with Gasteiger partial charge in [0.2, 0.25) is 0 Å². The number of aromatic nitrogens is 1. The van der Waals surface area contributed by atoms with E-state index in [2.05, 4.69) is 20.8 Å². The van der Waals surface area contributed by atoms with Crippen molar-refractivity contribution in [3.8, 4) is 0 Å². The van der Waals surface area contributed by atoms with Crippen molar-refractivity contribution >= 4 is 17.6 Å². The van der Waals surface area contributed by atoms with Crippen LogP contribution in [0, 0.1) is 19.7 Å². The lowest BCUT2D eigenvalue weighted by atomic mass is 10.2. The summed E-state index contributed by atoms with van der Waals surface area (Å²) in [7, 11) is 1.64. The van der Waals surface area contributed by atoms with Gasteiger partial charge in [-0.05, 0) is 26.0 Å². The molecule has 0 atom stereocenters. The first-order valence-electron chi connectivity index (χ1n) is 6.82. The van der Waals surface area contributed by atoms with E-state index in [9.17, 15) is 4.39 Å². The minimum atomic E-state index is -0.346. The molecule has 2 N–H and O–H groups in total. The summed E-state index contributed by atoms with van der Waals surface area (Å²) >= 11 is 6.00. The Kier molecular flexibility index (Phi) is 5.38. The van der Waals surface area contributed by atoms with Crippen LogP contribution in [0.1, 0.15) is 22.6 Å². The summed E-state index contributed by atoms with van der Waals surface area (Å²) in [5.41, 5.74) is 2.22. The summed E-state index contributed by atoms with van der Waals surface area (Å²) in [4.78, 5) is 4.10. The van der Waals surface area contributed by atoms with Crippen molar-refractivity contribution in [1.82, 2.24) is 15.8 Å². The number of guanidine groups is 1. The van der Waals surface area contributed by atoms with E-state index in [0.717, 1.165) is 17.0 Å². The zero-order valence-electron chi connectivity index (χ0n) is 12.7. The molecule has 2 rings (SSSR count). The number of benzene rings is 1. The maximum absolute atomic E-state index is 13.7. The molecular weight excluding hydrogens is 307 g/mol. The first-order chi connectivity index (χ1) is 10.5. The lowest BCUT2D eigenvalue weighted by Crippen LogP contribution is -2.36. The zero-order valence-corrected chi connectivity index (χ0v) is 13.5. The molecule has 22 heavy (non-hydrogen) atoms. The van der Waals surface area contributed by atoms with E-state index in [-0.39, 0.29) is 12.4 Å². The number of hydrogen-bond acceptors (Lipinski definition) is 3. The van der Waals surface area contributed by atoms with Gasteiger partial charge in [-0.2, -0.15) is 0 Å². The molecule has 0 saturated carbocycles. The summed E-state index contributed by atoms with van der Waals surface area (Å²) in [6, 6.07) is 4.61. The quantitative estimate of drug-likeness (QED) is 0.670. The Morgan fingerprint density at radius 3 is 2.50 bits per heavy atom. The van der Waals surface area contributed by atoms with Crippen LogP contribution in [0.15, 0.2) is 27.7 Å². The first kappa shape index (κ1) is 16.3. The van der Waals surface area contributed by atoms with Gasteiger partial charge in [-0.25, -0.2) is 4.39 Å². The standard InChI is InChI=1S/C15H18ClFN4O/c1-9-11(10(2)22-21-9)7-19-15(18-3)20-8-12-13(16)5-4-6-14(12)17/h4-6H,7-8H2,1-3H3,(H2,18,19,20). The minimum Gasteiger partial charge on any atom is -0.361 e. The van der Waals surface area contributed by atoms with Crippen LogP contribution in [0.3, 0.4) is 0 Å². The highest BCUT2D eigenvalue weighted by atomic mass is 35.5. The Morgan fingerprint density at radius 2 is 1.95 bits per heavy atom. The second-order valence-corrected chi connectivity index (χ2v) is 5.19. The van der Waals surface area contributed by atoms with E-state index in [1.165, 1.54) is 6.07 Å². The zero-order chi connectivity index (χ0) is 16.1. The van der Waals surface area contributed by atoms with Crippen LogP contribution in [0.4, 0.5) is 4.39 Å². The van der Waals surface area contributed by atoms with Crippen LogP contribution in [-0.2, 0) is 13.1 Å². The molecule has 0 aliphatic heterocycles. The maximum atomic E-state index is 13.7. The molecule has 0 saturated heterocycles. The topological polar surface area (TPSA) is 62.5 Å². The van der Waals surface area contributed by atoms with Crippen molar-refractivity contribution in [3.05, 3.63) is 51.6 Å². The van der Waals surface area contributed by atoms with Crippen molar-refractivity contribution in [2.24, 2.45) is 4.99 Å². The van der Waals surface area contributed by atoms with Crippen molar-refractivity contribution in [2.45, 2.75) is 26.9 Å². The van der Waals surface area contributed by atoms with Gasteiger partial charge in [-0.1, -0.05) is 22.8 Å². The molecule has 7 heteroatoms. The Hall–Kier alpha value is -2.08. The van der Waals surface area contributed by atoms with Crippen LogP contribution in [-0.4, -0.2) is 18.2 Å². The van der Waals surface area contributed by atoms with Crippen LogP contribution < -0.4 is 10.6 Å². The fraction of sp³-hybridized carbons (Fsp3) is 0.333. The summed E-state index contributed by atoms with van der Waals surface area (Å²) < 4.78 is 18.8. The van der Waals surface area contributed by atoms with Gasteiger partial charge in [0.1, 0.15) is 11.6 Å².